The summed E-state index contributed by atoms with van der Waals surface area (Å²) in [5.41, 5.74) is 17.6. The van der Waals surface area contributed by atoms with Gasteiger partial charge in [0.1, 0.15) is 11.2 Å². The predicted molar refractivity (Wildman–Crippen MR) is 264 cm³/mol. The molecule has 0 saturated carbocycles. The average molecular weight is 805 g/mol. The van der Waals surface area contributed by atoms with Gasteiger partial charge in [-0.3, -0.25) is 0 Å². The molecule has 0 atom stereocenters. The Balaban J connectivity index is 1.05. The van der Waals surface area contributed by atoms with Crippen LogP contribution in [0.5, 0.6) is 0 Å². The van der Waals surface area contributed by atoms with Gasteiger partial charge in [-0.05, 0) is 82.4 Å². The molecule has 296 valence electrons. The van der Waals surface area contributed by atoms with Crippen LogP contribution in [0.1, 0.15) is 0 Å². The molecule has 63 heavy (non-hydrogen) atoms. The Hall–Kier alpha value is -8.40. The monoisotopic (exact) mass is 804 g/mol. The summed E-state index contributed by atoms with van der Waals surface area (Å²) in [5, 5.41) is 4.71. The fourth-order valence-electron chi connectivity index (χ4n) is 9.58. The van der Waals surface area contributed by atoms with Crippen LogP contribution in [0.25, 0.3) is 93.9 Å². The van der Waals surface area contributed by atoms with Gasteiger partial charge in [-0.15, -0.1) is 0 Å². The highest BCUT2D eigenvalue weighted by Gasteiger charge is 2.22. The molecule has 2 heterocycles. The van der Waals surface area contributed by atoms with Gasteiger partial charge in [-0.2, -0.15) is 0 Å². The standard InChI is InChI=1S/C60H40N2O/c1-2-18-41(19-3-1)46-22-4-5-23-47(46)42-36-38-44(39-37-42)61(56-32-12-9-27-51(56)53-29-17-30-54-52-28-10-15-35-59(52)63-60(53)54)45-21-16-20-43(40-45)48-24-6-11-31-55(48)62-57-33-13-7-25-49(57)50-26-8-14-34-58(50)62/h1-40H. The summed E-state index contributed by atoms with van der Waals surface area (Å²) in [6, 6.07) is 87.1. The second-order valence-electron chi connectivity index (χ2n) is 16.0. The Bertz CT molecular complexity index is 3580. The molecule has 0 radical (unpaired) electrons. The van der Waals surface area contributed by atoms with E-state index in [9.17, 15) is 0 Å². The quantitative estimate of drug-likeness (QED) is 0.153. The Morgan fingerprint density at radius 2 is 0.841 bits per heavy atom. The highest BCUT2D eigenvalue weighted by Crippen LogP contribution is 2.46. The van der Waals surface area contributed by atoms with Crippen LogP contribution in [0.2, 0.25) is 0 Å². The first-order valence-electron chi connectivity index (χ1n) is 21.5. The number of rotatable bonds is 8. The lowest BCUT2D eigenvalue weighted by atomic mass is 9.94. The summed E-state index contributed by atoms with van der Waals surface area (Å²) in [4.78, 5) is 2.40. The first-order chi connectivity index (χ1) is 31.3. The molecule has 10 aromatic carbocycles. The van der Waals surface area contributed by atoms with Crippen molar-refractivity contribution < 1.29 is 4.42 Å². The van der Waals surface area contributed by atoms with Gasteiger partial charge in [-0.25, -0.2) is 0 Å². The van der Waals surface area contributed by atoms with Crippen molar-refractivity contribution in [1.29, 1.82) is 0 Å². The number of aromatic nitrogens is 1. The van der Waals surface area contributed by atoms with Gasteiger partial charge in [-0.1, -0.05) is 188 Å². The minimum atomic E-state index is 0.882. The maximum absolute atomic E-state index is 6.66. The van der Waals surface area contributed by atoms with Crippen LogP contribution < -0.4 is 4.90 Å². The van der Waals surface area contributed by atoms with Crippen molar-refractivity contribution >= 4 is 60.8 Å². The summed E-state index contributed by atoms with van der Waals surface area (Å²) >= 11 is 0. The molecule has 0 spiro atoms. The summed E-state index contributed by atoms with van der Waals surface area (Å²) in [6.07, 6.45) is 0. The third-order valence-corrected chi connectivity index (χ3v) is 12.4. The van der Waals surface area contributed by atoms with Crippen LogP contribution in [0.4, 0.5) is 17.1 Å². The molecule has 12 rings (SSSR count). The highest BCUT2D eigenvalue weighted by molar-refractivity contribution is 6.11. The lowest BCUT2D eigenvalue weighted by molar-refractivity contribution is 0.670. The third-order valence-electron chi connectivity index (χ3n) is 12.4. The summed E-state index contributed by atoms with van der Waals surface area (Å²) in [7, 11) is 0. The molecule has 0 aliphatic rings. The van der Waals surface area contributed by atoms with E-state index < -0.39 is 0 Å². The van der Waals surface area contributed by atoms with E-state index in [1.165, 1.54) is 38.5 Å². The molecule has 0 unspecified atom stereocenters. The smallest absolute Gasteiger partial charge is 0.143 e. The van der Waals surface area contributed by atoms with Crippen molar-refractivity contribution in [2.75, 3.05) is 4.90 Å². The van der Waals surface area contributed by atoms with Crippen LogP contribution in [-0.2, 0) is 0 Å². The number of hydrogen-bond acceptors (Lipinski definition) is 2. The summed E-state index contributed by atoms with van der Waals surface area (Å²) in [5.74, 6) is 0. The zero-order valence-electron chi connectivity index (χ0n) is 34.4. The van der Waals surface area contributed by atoms with Crippen LogP contribution >= 0.6 is 0 Å². The lowest BCUT2D eigenvalue weighted by Crippen LogP contribution is -2.11. The topological polar surface area (TPSA) is 21.3 Å². The fraction of sp³-hybridized carbons (Fsp3) is 0. The largest absolute Gasteiger partial charge is 0.455 e. The number of para-hydroxylation sites is 6. The van der Waals surface area contributed by atoms with Crippen LogP contribution in [-0.4, -0.2) is 4.57 Å². The van der Waals surface area contributed by atoms with Gasteiger partial charge in [0.05, 0.1) is 22.4 Å². The summed E-state index contributed by atoms with van der Waals surface area (Å²) in [6.45, 7) is 0. The van der Waals surface area contributed by atoms with Gasteiger partial charge < -0.3 is 13.9 Å². The molecule has 0 aliphatic carbocycles. The second-order valence-corrected chi connectivity index (χ2v) is 16.0. The fourth-order valence-corrected chi connectivity index (χ4v) is 9.58. The minimum absolute atomic E-state index is 0.882. The lowest BCUT2D eigenvalue weighted by Gasteiger charge is -2.28. The number of hydrogen-bond donors (Lipinski definition) is 0. The van der Waals surface area contributed by atoms with Crippen molar-refractivity contribution in [3.05, 3.63) is 243 Å². The van der Waals surface area contributed by atoms with Gasteiger partial charge in [0, 0.05) is 49.6 Å². The van der Waals surface area contributed by atoms with Crippen LogP contribution in [0.3, 0.4) is 0 Å². The predicted octanol–water partition coefficient (Wildman–Crippen LogP) is 16.8. The average Bonchev–Trinajstić information content (AvgIpc) is 3.91. The Morgan fingerprint density at radius 3 is 1.59 bits per heavy atom. The Kier molecular flexibility index (Phi) is 8.83. The van der Waals surface area contributed by atoms with E-state index >= 15 is 0 Å². The van der Waals surface area contributed by atoms with Gasteiger partial charge in [0.2, 0.25) is 0 Å². The van der Waals surface area contributed by atoms with E-state index in [1.807, 2.05) is 6.07 Å². The molecule has 0 saturated heterocycles. The first kappa shape index (κ1) is 36.5. The highest BCUT2D eigenvalue weighted by atomic mass is 16.3. The number of fused-ring (bicyclic) bond motifs is 6. The van der Waals surface area contributed by atoms with Crippen molar-refractivity contribution in [3.8, 4) is 50.2 Å². The molecule has 3 nitrogen and oxygen atoms in total. The van der Waals surface area contributed by atoms with E-state index in [2.05, 4.69) is 246 Å². The molecular weight excluding hydrogens is 765 g/mol. The summed E-state index contributed by atoms with van der Waals surface area (Å²) < 4.78 is 9.08. The van der Waals surface area contributed by atoms with Crippen molar-refractivity contribution in [3.63, 3.8) is 0 Å². The molecule has 0 N–H and O–H groups in total. The third kappa shape index (κ3) is 6.21. The van der Waals surface area contributed by atoms with Crippen molar-refractivity contribution in [2.45, 2.75) is 0 Å². The van der Waals surface area contributed by atoms with E-state index in [1.54, 1.807) is 0 Å². The first-order valence-corrected chi connectivity index (χ1v) is 21.5. The molecule has 12 aromatic rings. The van der Waals surface area contributed by atoms with Gasteiger partial charge in [0.25, 0.3) is 0 Å². The molecular formula is C60H40N2O. The molecule has 0 aliphatic heterocycles. The van der Waals surface area contributed by atoms with Crippen molar-refractivity contribution in [2.24, 2.45) is 0 Å². The minimum Gasteiger partial charge on any atom is -0.455 e. The van der Waals surface area contributed by atoms with Crippen LogP contribution in [0, 0.1) is 0 Å². The number of anilines is 3. The number of nitrogens with zero attached hydrogens (tertiary/aromatic N) is 2. The Labute approximate surface area is 366 Å². The maximum Gasteiger partial charge on any atom is 0.143 e. The maximum atomic E-state index is 6.66. The Morgan fingerprint density at radius 1 is 0.317 bits per heavy atom. The molecule has 0 fully saturated rings. The number of benzene rings is 10. The number of furan rings is 1. The molecule has 3 heteroatoms. The van der Waals surface area contributed by atoms with E-state index in [0.29, 0.717) is 0 Å². The van der Waals surface area contributed by atoms with E-state index in [-0.39, 0.29) is 0 Å². The molecule has 0 bridgehead atoms. The van der Waals surface area contributed by atoms with Gasteiger partial charge >= 0.3 is 0 Å². The van der Waals surface area contributed by atoms with Crippen molar-refractivity contribution in [1.82, 2.24) is 4.57 Å². The molecule has 0 amide bonds. The SMILES string of the molecule is c1ccc(-c2ccccc2-c2ccc(N(c3cccc(-c4ccccc4-n4c5ccccc5c5ccccc54)c3)c3ccccc3-c3cccc4c3oc3ccccc34)cc2)cc1. The zero-order valence-corrected chi connectivity index (χ0v) is 34.4. The zero-order chi connectivity index (χ0) is 41.7. The molecule has 2 aromatic heterocycles. The normalized spacial score (nSPS) is 11.5. The van der Waals surface area contributed by atoms with Gasteiger partial charge in [0.15, 0.2) is 0 Å². The van der Waals surface area contributed by atoms with Crippen LogP contribution in [0.15, 0.2) is 247 Å². The van der Waals surface area contributed by atoms with E-state index in [4.69, 9.17) is 4.42 Å². The van der Waals surface area contributed by atoms with E-state index in [0.717, 1.165) is 72.5 Å². The second kappa shape index (κ2) is 15.3.